The third-order valence-corrected chi connectivity index (χ3v) is 4.44. The summed E-state index contributed by atoms with van der Waals surface area (Å²) in [5, 5.41) is 0. The second-order valence-electron chi connectivity index (χ2n) is 6.86. The van der Waals surface area contributed by atoms with Gasteiger partial charge in [0.25, 0.3) is 0 Å². The van der Waals surface area contributed by atoms with E-state index in [2.05, 4.69) is 61.0 Å². The van der Waals surface area contributed by atoms with Gasteiger partial charge in [-0.2, -0.15) is 0 Å². The van der Waals surface area contributed by atoms with E-state index in [0.29, 0.717) is 0 Å². The van der Waals surface area contributed by atoms with Crippen molar-refractivity contribution in [2.45, 2.75) is 26.3 Å². The maximum atomic E-state index is 5.82. The van der Waals surface area contributed by atoms with Crippen LogP contribution < -0.4 is 4.74 Å². The van der Waals surface area contributed by atoms with Gasteiger partial charge in [0.1, 0.15) is 5.75 Å². The SMILES string of the molecule is CCOc1ccc(CN(C)C)cc1CCCN1CCN(C)CC1. The molecule has 0 aliphatic carbocycles. The van der Waals surface area contributed by atoms with Crippen LogP contribution in [0.5, 0.6) is 5.75 Å². The number of aryl methyl sites for hydroxylation is 1. The summed E-state index contributed by atoms with van der Waals surface area (Å²) in [4.78, 5) is 7.21. The second kappa shape index (κ2) is 9.26. The van der Waals surface area contributed by atoms with Crippen LogP contribution >= 0.6 is 0 Å². The van der Waals surface area contributed by atoms with Crippen LogP contribution in [0.2, 0.25) is 0 Å². The Kier molecular flexibility index (Phi) is 7.34. The van der Waals surface area contributed by atoms with Gasteiger partial charge in [0.15, 0.2) is 0 Å². The molecule has 0 radical (unpaired) electrons. The summed E-state index contributed by atoms with van der Waals surface area (Å²) in [6.07, 6.45) is 2.30. The molecule has 1 saturated heterocycles. The number of rotatable bonds is 8. The molecule has 0 bridgehead atoms. The van der Waals surface area contributed by atoms with Crippen molar-refractivity contribution in [2.24, 2.45) is 0 Å². The smallest absolute Gasteiger partial charge is 0.122 e. The van der Waals surface area contributed by atoms with Gasteiger partial charge in [-0.1, -0.05) is 12.1 Å². The van der Waals surface area contributed by atoms with Crippen LogP contribution in [-0.2, 0) is 13.0 Å². The van der Waals surface area contributed by atoms with Crippen molar-refractivity contribution in [3.8, 4) is 5.75 Å². The quantitative estimate of drug-likeness (QED) is 0.732. The normalized spacial score (nSPS) is 16.9. The predicted molar refractivity (Wildman–Crippen MR) is 97.3 cm³/mol. The summed E-state index contributed by atoms with van der Waals surface area (Å²) in [5.41, 5.74) is 2.73. The Morgan fingerprint density at radius 3 is 2.52 bits per heavy atom. The number of ether oxygens (including phenoxy) is 1. The standard InChI is InChI=1S/C19H33N3O/c1-5-23-19-9-8-17(16-20(2)3)15-18(19)7-6-10-22-13-11-21(4)12-14-22/h8-9,15H,5-7,10-14,16H2,1-4H3. The summed E-state index contributed by atoms with van der Waals surface area (Å²) in [6.45, 7) is 9.77. The highest BCUT2D eigenvalue weighted by Gasteiger charge is 2.13. The molecule has 1 fully saturated rings. The third-order valence-electron chi connectivity index (χ3n) is 4.44. The zero-order valence-corrected chi connectivity index (χ0v) is 15.3. The number of benzene rings is 1. The second-order valence-corrected chi connectivity index (χ2v) is 6.86. The van der Waals surface area contributed by atoms with Crippen molar-refractivity contribution in [3.63, 3.8) is 0 Å². The first-order chi connectivity index (χ1) is 11.1. The highest BCUT2D eigenvalue weighted by Crippen LogP contribution is 2.22. The molecule has 2 rings (SSSR count). The highest BCUT2D eigenvalue weighted by atomic mass is 16.5. The van der Waals surface area contributed by atoms with Gasteiger partial charge in [-0.15, -0.1) is 0 Å². The Morgan fingerprint density at radius 2 is 1.87 bits per heavy atom. The minimum atomic E-state index is 0.735. The van der Waals surface area contributed by atoms with Gasteiger partial charge in [0.05, 0.1) is 6.61 Å². The molecule has 130 valence electrons. The van der Waals surface area contributed by atoms with Crippen LogP contribution in [0.3, 0.4) is 0 Å². The minimum Gasteiger partial charge on any atom is -0.494 e. The van der Waals surface area contributed by atoms with Crippen molar-refractivity contribution in [1.29, 1.82) is 0 Å². The minimum absolute atomic E-state index is 0.735. The Morgan fingerprint density at radius 1 is 1.13 bits per heavy atom. The molecular weight excluding hydrogens is 286 g/mol. The maximum absolute atomic E-state index is 5.82. The van der Waals surface area contributed by atoms with Crippen molar-refractivity contribution in [3.05, 3.63) is 29.3 Å². The first-order valence-corrected chi connectivity index (χ1v) is 8.88. The van der Waals surface area contributed by atoms with Crippen LogP contribution in [-0.4, -0.2) is 75.2 Å². The Balaban J connectivity index is 1.90. The summed E-state index contributed by atoms with van der Waals surface area (Å²) in [7, 11) is 6.44. The number of hydrogen-bond donors (Lipinski definition) is 0. The topological polar surface area (TPSA) is 19.0 Å². The molecule has 23 heavy (non-hydrogen) atoms. The summed E-state index contributed by atoms with van der Waals surface area (Å²) in [6, 6.07) is 6.66. The lowest BCUT2D eigenvalue weighted by molar-refractivity contribution is 0.153. The lowest BCUT2D eigenvalue weighted by Crippen LogP contribution is -2.44. The van der Waals surface area contributed by atoms with Crippen molar-refractivity contribution in [1.82, 2.24) is 14.7 Å². The van der Waals surface area contributed by atoms with Crippen molar-refractivity contribution in [2.75, 3.05) is 60.5 Å². The van der Waals surface area contributed by atoms with E-state index >= 15 is 0 Å². The number of likely N-dealkylation sites (N-methyl/N-ethyl adjacent to an activating group) is 1. The fraction of sp³-hybridized carbons (Fsp3) is 0.684. The van der Waals surface area contributed by atoms with E-state index in [1.165, 1.54) is 50.3 Å². The Hall–Kier alpha value is -1.10. The molecule has 1 aromatic carbocycles. The van der Waals surface area contributed by atoms with E-state index in [0.717, 1.165) is 25.3 Å². The molecule has 1 heterocycles. The molecule has 4 nitrogen and oxygen atoms in total. The van der Waals surface area contributed by atoms with Crippen LogP contribution in [0.4, 0.5) is 0 Å². The molecule has 0 unspecified atom stereocenters. The van der Waals surface area contributed by atoms with Crippen LogP contribution in [0.15, 0.2) is 18.2 Å². The van der Waals surface area contributed by atoms with Gasteiger partial charge in [0.2, 0.25) is 0 Å². The lowest BCUT2D eigenvalue weighted by atomic mass is 10.0. The molecule has 0 atom stereocenters. The summed E-state index contributed by atoms with van der Waals surface area (Å²) in [5.74, 6) is 1.06. The number of hydrogen-bond acceptors (Lipinski definition) is 4. The molecule has 0 saturated carbocycles. The fourth-order valence-corrected chi connectivity index (χ4v) is 3.15. The number of piperazine rings is 1. The molecule has 0 aromatic heterocycles. The zero-order chi connectivity index (χ0) is 16.7. The summed E-state index contributed by atoms with van der Waals surface area (Å²) >= 11 is 0. The predicted octanol–water partition coefficient (Wildman–Crippen LogP) is 2.33. The Labute approximate surface area is 142 Å². The molecule has 0 amide bonds. The molecule has 0 N–H and O–H groups in total. The van der Waals surface area contributed by atoms with E-state index in [-0.39, 0.29) is 0 Å². The average Bonchev–Trinajstić information content (AvgIpc) is 2.51. The molecule has 0 spiro atoms. The first kappa shape index (κ1) is 18.2. The van der Waals surface area contributed by atoms with E-state index in [9.17, 15) is 0 Å². The van der Waals surface area contributed by atoms with Gasteiger partial charge in [-0.05, 0) is 64.6 Å². The van der Waals surface area contributed by atoms with Gasteiger partial charge in [-0.25, -0.2) is 0 Å². The highest BCUT2D eigenvalue weighted by molar-refractivity contribution is 5.37. The molecule has 1 aromatic rings. The van der Waals surface area contributed by atoms with Gasteiger partial charge in [-0.3, -0.25) is 0 Å². The maximum Gasteiger partial charge on any atom is 0.122 e. The third kappa shape index (κ3) is 6.13. The van der Waals surface area contributed by atoms with E-state index < -0.39 is 0 Å². The van der Waals surface area contributed by atoms with Gasteiger partial charge in [0, 0.05) is 32.7 Å². The summed E-state index contributed by atoms with van der Waals surface area (Å²) < 4.78 is 5.82. The largest absolute Gasteiger partial charge is 0.494 e. The number of nitrogens with zero attached hydrogens (tertiary/aromatic N) is 3. The Bertz CT molecular complexity index is 468. The van der Waals surface area contributed by atoms with E-state index in [1.807, 2.05) is 0 Å². The van der Waals surface area contributed by atoms with Crippen molar-refractivity contribution < 1.29 is 4.74 Å². The van der Waals surface area contributed by atoms with Crippen LogP contribution in [0.25, 0.3) is 0 Å². The van der Waals surface area contributed by atoms with E-state index in [1.54, 1.807) is 0 Å². The van der Waals surface area contributed by atoms with Gasteiger partial charge >= 0.3 is 0 Å². The van der Waals surface area contributed by atoms with Crippen LogP contribution in [0.1, 0.15) is 24.5 Å². The first-order valence-electron chi connectivity index (χ1n) is 8.88. The average molecular weight is 319 g/mol. The van der Waals surface area contributed by atoms with Gasteiger partial charge < -0.3 is 19.4 Å². The zero-order valence-electron chi connectivity index (χ0n) is 15.3. The van der Waals surface area contributed by atoms with E-state index in [4.69, 9.17) is 4.74 Å². The fourth-order valence-electron chi connectivity index (χ4n) is 3.15. The van der Waals surface area contributed by atoms with Crippen LogP contribution in [0, 0.1) is 0 Å². The molecular formula is C19H33N3O. The molecule has 4 heteroatoms. The lowest BCUT2D eigenvalue weighted by Gasteiger charge is -2.32. The van der Waals surface area contributed by atoms with Crippen molar-refractivity contribution >= 4 is 0 Å². The molecule has 1 aliphatic rings. The monoisotopic (exact) mass is 319 g/mol. The molecule has 1 aliphatic heterocycles.